The molecule has 0 aromatic heterocycles. The number of allylic oxidation sites excluding steroid dienone is 13. The molecule has 0 aromatic rings. The van der Waals surface area contributed by atoms with E-state index < -0.39 is 20.0 Å². The average molecular weight is 1070 g/mol. The molecular formula is C66H121N2O6P. The number of phosphoric ester groups is 1. The molecule has 0 aliphatic carbocycles. The van der Waals surface area contributed by atoms with Crippen LogP contribution >= 0.6 is 7.82 Å². The first-order valence-corrected chi connectivity index (χ1v) is 32.9. The number of carbonyl (C=O) groups excluding carboxylic acids is 1. The van der Waals surface area contributed by atoms with Gasteiger partial charge in [-0.25, -0.2) is 0 Å². The molecule has 0 saturated carbocycles. The van der Waals surface area contributed by atoms with Crippen LogP contribution in [0, 0.1) is 0 Å². The standard InChI is InChI=1S/C66H121N2O6P/c1-6-8-10-12-14-16-18-20-21-22-23-24-25-26-27-28-29-30-31-32-33-34-35-36-37-38-39-40-41-42-43-44-45-46-47-48-50-52-54-56-58-60-66(70)67-64(63-74-75(71,72)73-62-61-68(3,4)5)65(69)59-57-55-53-51-49-19-17-15-13-11-9-7-2/h8,10,14,16,20-21,23-24,26-27,29-30,57,59,64-65,69H,6-7,9,11-13,15,17-19,22,25,28,31-56,58,60-63H2,1-5H3,(H-,67,70,71,72)/b10-8-,16-14-,21-20-,24-23-,27-26-,30-29-,59-57+. The number of hydrogen-bond acceptors (Lipinski definition) is 6. The summed E-state index contributed by atoms with van der Waals surface area (Å²) in [5.74, 6) is -0.196. The molecule has 0 spiro atoms. The van der Waals surface area contributed by atoms with Crippen molar-refractivity contribution in [1.82, 2.24) is 5.32 Å². The van der Waals surface area contributed by atoms with Crippen molar-refractivity contribution in [3.8, 4) is 0 Å². The number of phosphoric acid groups is 1. The van der Waals surface area contributed by atoms with E-state index in [4.69, 9.17) is 9.05 Å². The highest BCUT2D eigenvalue weighted by atomic mass is 31.2. The molecule has 436 valence electrons. The van der Waals surface area contributed by atoms with Gasteiger partial charge in [0.15, 0.2) is 0 Å². The molecule has 3 atom stereocenters. The Balaban J connectivity index is 3.88. The van der Waals surface area contributed by atoms with Crippen molar-refractivity contribution in [2.75, 3.05) is 40.9 Å². The van der Waals surface area contributed by atoms with E-state index in [0.29, 0.717) is 17.4 Å². The molecule has 2 N–H and O–H groups in total. The summed E-state index contributed by atoms with van der Waals surface area (Å²) in [4.78, 5) is 25.5. The number of nitrogens with zero attached hydrogens (tertiary/aromatic N) is 1. The number of carbonyl (C=O) groups is 1. The molecule has 0 fully saturated rings. The average Bonchev–Trinajstić information content (AvgIpc) is 3.37. The first kappa shape index (κ1) is 72.7. The Labute approximate surface area is 465 Å². The van der Waals surface area contributed by atoms with Crippen molar-refractivity contribution in [3.63, 3.8) is 0 Å². The second-order valence-corrected chi connectivity index (χ2v) is 23.8. The summed E-state index contributed by atoms with van der Waals surface area (Å²) in [5.41, 5.74) is 0. The predicted octanol–water partition coefficient (Wildman–Crippen LogP) is 19.0. The van der Waals surface area contributed by atoms with Gasteiger partial charge in [0.05, 0.1) is 39.9 Å². The Morgan fingerprint density at radius 3 is 1.19 bits per heavy atom. The SMILES string of the molecule is CC/C=C\C/C=C\C/C=C\C/C=C\C/C=C\C/C=C\CCCCCCCCCCCCCCCCCCCCCCCCC(=O)NC(COP(=O)([O-])OCC[N+](C)(C)C)C(O)/C=C/CCCCCCCCCCCC. The lowest BCUT2D eigenvalue weighted by Crippen LogP contribution is -2.45. The lowest BCUT2D eigenvalue weighted by molar-refractivity contribution is -0.870. The van der Waals surface area contributed by atoms with Gasteiger partial charge in [-0.05, 0) is 70.6 Å². The lowest BCUT2D eigenvalue weighted by atomic mass is 10.0. The Kier molecular flexibility index (Phi) is 54.7. The molecule has 0 heterocycles. The molecular weight excluding hydrogens is 948 g/mol. The molecule has 0 aliphatic heterocycles. The fourth-order valence-corrected chi connectivity index (χ4v) is 9.71. The van der Waals surface area contributed by atoms with E-state index in [1.54, 1.807) is 6.08 Å². The summed E-state index contributed by atoms with van der Waals surface area (Å²) in [6.45, 7) is 4.53. The van der Waals surface area contributed by atoms with Crippen LogP contribution in [0.3, 0.4) is 0 Å². The van der Waals surface area contributed by atoms with Crippen molar-refractivity contribution < 1.29 is 32.9 Å². The molecule has 9 heteroatoms. The van der Waals surface area contributed by atoms with Crippen molar-refractivity contribution in [1.29, 1.82) is 0 Å². The molecule has 0 saturated heterocycles. The van der Waals surface area contributed by atoms with Crippen molar-refractivity contribution >= 4 is 13.7 Å². The van der Waals surface area contributed by atoms with Crippen LogP contribution < -0.4 is 10.2 Å². The van der Waals surface area contributed by atoms with Crippen LogP contribution in [0.2, 0.25) is 0 Å². The highest BCUT2D eigenvalue weighted by Crippen LogP contribution is 2.38. The largest absolute Gasteiger partial charge is 0.756 e. The van der Waals surface area contributed by atoms with E-state index >= 15 is 0 Å². The first-order chi connectivity index (χ1) is 36.5. The van der Waals surface area contributed by atoms with Gasteiger partial charge in [-0.1, -0.05) is 285 Å². The first-order valence-electron chi connectivity index (χ1n) is 31.4. The number of rotatable bonds is 57. The van der Waals surface area contributed by atoms with Crippen molar-refractivity contribution in [2.24, 2.45) is 0 Å². The highest BCUT2D eigenvalue weighted by Gasteiger charge is 2.23. The molecule has 0 bridgehead atoms. The van der Waals surface area contributed by atoms with Crippen LogP contribution in [0.4, 0.5) is 0 Å². The Hall–Kier alpha value is -2.32. The van der Waals surface area contributed by atoms with Crippen molar-refractivity contribution in [3.05, 3.63) is 85.1 Å². The number of aliphatic hydroxyl groups is 1. The minimum absolute atomic E-state index is 0.00134. The molecule has 0 radical (unpaired) electrons. The second-order valence-electron chi connectivity index (χ2n) is 22.4. The van der Waals surface area contributed by atoms with E-state index in [2.05, 4.69) is 92.1 Å². The van der Waals surface area contributed by atoms with Gasteiger partial charge in [0.25, 0.3) is 7.82 Å². The molecule has 8 nitrogen and oxygen atoms in total. The monoisotopic (exact) mass is 1070 g/mol. The van der Waals surface area contributed by atoms with Gasteiger partial charge in [-0.2, -0.15) is 0 Å². The summed E-state index contributed by atoms with van der Waals surface area (Å²) in [5, 5.41) is 13.8. The molecule has 0 aromatic carbocycles. The summed E-state index contributed by atoms with van der Waals surface area (Å²) in [6.07, 6.45) is 79.8. The minimum atomic E-state index is -4.59. The van der Waals surface area contributed by atoms with Gasteiger partial charge >= 0.3 is 0 Å². The van der Waals surface area contributed by atoms with E-state index in [0.717, 1.165) is 77.0 Å². The van der Waals surface area contributed by atoms with Crippen LogP contribution in [-0.2, 0) is 18.4 Å². The third-order valence-electron chi connectivity index (χ3n) is 13.9. The quantitative estimate of drug-likeness (QED) is 0.0272. The number of quaternary nitrogens is 1. The molecule has 75 heavy (non-hydrogen) atoms. The second kappa shape index (κ2) is 56.4. The van der Waals surface area contributed by atoms with E-state index in [-0.39, 0.29) is 19.1 Å². The minimum Gasteiger partial charge on any atom is -0.756 e. The summed E-state index contributed by atoms with van der Waals surface area (Å²) < 4.78 is 23.3. The number of likely N-dealkylation sites (N-methyl/N-ethyl adjacent to an activating group) is 1. The van der Waals surface area contributed by atoms with Crippen LogP contribution in [-0.4, -0.2) is 68.5 Å². The molecule has 0 aliphatic rings. The fourth-order valence-electron chi connectivity index (χ4n) is 8.98. The number of nitrogens with one attached hydrogen (secondary N) is 1. The van der Waals surface area contributed by atoms with Gasteiger partial charge in [0, 0.05) is 6.42 Å². The maximum atomic E-state index is 12.9. The summed E-state index contributed by atoms with van der Waals surface area (Å²) in [6, 6.07) is -0.886. The van der Waals surface area contributed by atoms with Gasteiger partial charge in [-0.3, -0.25) is 9.36 Å². The number of hydrogen-bond donors (Lipinski definition) is 2. The predicted molar refractivity (Wildman–Crippen MR) is 325 cm³/mol. The molecule has 1 amide bonds. The van der Waals surface area contributed by atoms with Gasteiger partial charge in [-0.15, -0.1) is 0 Å². The zero-order chi connectivity index (χ0) is 54.9. The Bertz CT molecular complexity index is 1500. The third-order valence-corrected chi connectivity index (χ3v) is 14.8. The summed E-state index contributed by atoms with van der Waals surface area (Å²) in [7, 11) is 1.26. The number of unbranched alkanes of at least 4 members (excludes halogenated alkanes) is 32. The topological polar surface area (TPSA) is 108 Å². The number of amides is 1. The maximum Gasteiger partial charge on any atom is 0.268 e. The van der Waals surface area contributed by atoms with Crippen LogP contribution in [0.25, 0.3) is 0 Å². The van der Waals surface area contributed by atoms with Gasteiger partial charge < -0.3 is 28.8 Å². The fraction of sp³-hybridized carbons (Fsp3) is 0.773. The molecule has 0 rings (SSSR count). The van der Waals surface area contributed by atoms with E-state index in [9.17, 15) is 19.4 Å². The third kappa shape index (κ3) is 59.2. The number of aliphatic hydroxyl groups excluding tert-OH is 1. The maximum absolute atomic E-state index is 12.9. The van der Waals surface area contributed by atoms with Crippen molar-refractivity contribution in [2.45, 2.75) is 289 Å². The summed E-state index contributed by atoms with van der Waals surface area (Å²) >= 11 is 0. The van der Waals surface area contributed by atoms with E-state index in [1.165, 1.54) is 180 Å². The zero-order valence-electron chi connectivity index (χ0n) is 49.7. The van der Waals surface area contributed by atoms with Gasteiger partial charge in [0.1, 0.15) is 13.2 Å². The Morgan fingerprint density at radius 1 is 0.480 bits per heavy atom. The lowest BCUT2D eigenvalue weighted by Gasteiger charge is -2.29. The molecule has 3 unspecified atom stereocenters. The van der Waals surface area contributed by atoms with E-state index in [1.807, 2.05) is 27.2 Å². The van der Waals surface area contributed by atoms with Crippen LogP contribution in [0.5, 0.6) is 0 Å². The zero-order valence-corrected chi connectivity index (χ0v) is 50.6. The van der Waals surface area contributed by atoms with Gasteiger partial charge in [0.2, 0.25) is 5.91 Å². The smallest absolute Gasteiger partial charge is 0.268 e. The van der Waals surface area contributed by atoms with Crippen LogP contribution in [0.15, 0.2) is 85.1 Å². The Morgan fingerprint density at radius 2 is 0.813 bits per heavy atom. The normalized spacial score (nSPS) is 14.4. The van der Waals surface area contributed by atoms with Crippen LogP contribution in [0.1, 0.15) is 277 Å². The highest BCUT2D eigenvalue weighted by molar-refractivity contribution is 7.45.